The summed E-state index contributed by atoms with van der Waals surface area (Å²) in [5.41, 5.74) is 4.13. The van der Waals surface area contributed by atoms with Gasteiger partial charge in [0.25, 0.3) is 5.91 Å². The number of rotatable bonds is 7. The minimum atomic E-state index is -4.56. The average Bonchev–Trinajstić information content (AvgIpc) is 3.48. The first-order valence-corrected chi connectivity index (χ1v) is 14.2. The molecule has 0 radical (unpaired) electrons. The molecule has 12 heteroatoms. The Morgan fingerprint density at radius 2 is 1.84 bits per heavy atom. The molecule has 0 atom stereocenters. The average molecular weight is 601 g/mol. The van der Waals surface area contributed by atoms with E-state index in [0.717, 1.165) is 35.8 Å². The Morgan fingerprint density at radius 3 is 2.59 bits per heavy atom. The predicted molar refractivity (Wildman–Crippen MR) is 164 cm³/mol. The topological polar surface area (TPSA) is 102 Å². The van der Waals surface area contributed by atoms with Crippen LogP contribution in [0, 0.1) is 6.92 Å². The summed E-state index contributed by atoms with van der Waals surface area (Å²) in [6, 6.07) is 14.6. The van der Waals surface area contributed by atoms with E-state index in [2.05, 4.69) is 30.5 Å². The van der Waals surface area contributed by atoms with Gasteiger partial charge in [0.1, 0.15) is 5.69 Å². The molecule has 1 aliphatic heterocycles. The van der Waals surface area contributed by atoms with Crippen molar-refractivity contribution in [3.8, 4) is 11.3 Å². The van der Waals surface area contributed by atoms with Crippen LogP contribution in [0.25, 0.3) is 22.3 Å². The Balaban J connectivity index is 1.23. The molecule has 0 aliphatic carbocycles. The molecule has 0 bridgehead atoms. The molecule has 0 saturated carbocycles. The van der Waals surface area contributed by atoms with E-state index in [0.29, 0.717) is 35.9 Å². The molecular weight excluding hydrogens is 569 g/mol. The number of aromatic nitrogens is 4. The van der Waals surface area contributed by atoms with E-state index in [-0.39, 0.29) is 23.4 Å². The first-order valence-electron chi connectivity index (χ1n) is 14.2. The molecular formula is C32H31F3N8O. The molecule has 3 aromatic heterocycles. The molecule has 3 N–H and O–H groups in total. The standard InChI is InChI=1S/C32H31F3N8O/c1-20-5-6-21(16-27(20)40-31-39-26-9-11-37-29(26)28(41-31)22-4-3-10-36-18-22)30(44)38-24-8-7-23(25(17-24)32(33,34)35)19-43-14-12-42(2)13-15-43/h3-11,16-18,37H,12-15,19H2,1-2H3,(H,38,44)(H,39,40,41). The summed E-state index contributed by atoms with van der Waals surface area (Å²) >= 11 is 0. The normalized spacial score (nSPS) is 14.6. The maximum atomic E-state index is 14.1. The first kappa shape index (κ1) is 29.3. The van der Waals surface area contributed by atoms with Gasteiger partial charge in [-0.05, 0) is 67.6 Å². The van der Waals surface area contributed by atoms with Crippen LogP contribution >= 0.6 is 0 Å². The van der Waals surface area contributed by atoms with Crippen LogP contribution in [-0.4, -0.2) is 68.9 Å². The van der Waals surface area contributed by atoms with E-state index in [1.165, 1.54) is 12.1 Å². The minimum absolute atomic E-state index is 0.0712. The van der Waals surface area contributed by atoms with E-state index < -0.39 is 17.6 Å². The number of carbonyl (C=O) groups is 1. The molecule has 6 rings (SSSR count). The molecule has 1 aliphatic rings. The highest BCUT2D eigenvalue weighted by atomic mass is 19.4. The second kappa shape index (κ2) is 12.1. The molecule has 4 heterocycles. The summed E-state index contributed by atoms with van der Waals surface area (Å²) in [6.45, 7) is 5.08. The third-order valence-electron chi connectivity index (χ3n) is 7.75. The number of benzene rings is 2. The van der Waals surface area contributed by atoms with Crippen LogP contribution in [0.2, 0.25) is 0 Å². The fourth-order valence-corrected chi connectivity index (χ4v) is 5.24. The molecule has 9 nitrogen and oxygen atoms in total. The van der Waals surface area contributed by atoms with Gasteiger partial charge in [-0.1, -0.05) is 12.1 Å². The zero-order valence-corrected chi connectivity index (χ0v) is 24.2. The number of hydrogen-bond acceptors (Lipinski definition) is 7. The summed E-state index contributed by atoms with van der Waals surface area (Å²) in [6.07, 6.45) is 0.621. The van der Waals surface area contributed by atoms with Gasteiger partial charge in [-0.3, -0.25) is 14.7 Å². The van der Waals surface area contributed by atoms with Crippen LogP contribution < -0.4 is 10.6 Å². The van der Waals surface area contributed by atoms with Crippen molar-refractivity contribution in [2.45, 2.75) is 19.6 Å². The lowest BCUT2D eigenvalue weighted by Gasteiger charge is -2.33. The van der Waals surface area contributed by atoms with Gasteiger partial charge in [-0.2, -0.15) is 13.2 Å². The van der Waals surface area contributed by atoms with Crippen LogP contribution in [0.5, 0.6) is 0 Å². The molecule has 1 fully saturated rings. The van der Waals surface area contributed by atoms with Gasteiger partial charge in [0.15, 0.2) is 0 Å². The van der Waals surface area contributed by atoms with E-state index >= 15 is 0 Å². The number of aromatic amines is 1. The highest BCUT2D eigenvalue weighted by molar-refractivity contribution is 6.05. The maximum absolute atomic E-state index is 14.1. The number of halogens is 3. The second-order valence-electron chi connectivity index (χ2n) is 10.9. The molecule has 5 aromatic rings. The largest absolute Gasteiger partial charge is 0.416 e. The van der Waals surface area contributed by atoms with Gasteiger partial charge in [0.05, 0.1) is 16.6 Å². The van der Waals surface area contributed by atoms with E-state index in [1.807, 2.05) is 37.1 Å². The lowest BCUT2D eigenvalue weighted by atomic mass is 10.0. The number of hydrogen-bond donors (Lipinski definition) is 3. The zero-order valence-electron chi connectivity index (χ0n) is 24.2. The van der Waals surface area contributed by atoms with Gasteiger partial charge < -0.3 is 20.5 Å². The maximum Gasteiger partial charge on any atom is 0.416 e. The Kier molecular flexibility index (Phi) is 8.02. The summed E-state index contributed by atoms with van der Waals surface area (Å²) in [5.74, 6) is -0.214. The number of alkyl halides is 3. The zero-order chi connectivity index (χ0) is 30.8. The van der Waals surface area contributed by atoms with Crippen LogP contribution in [0.1, 0.15) is 27.0 Å². The highest BCUT2D eigenvalue weighted by Gasteiger charge is 2.34. The number of fused-ring (bicyclic) bond motifs is 1. The van der Waals surface area contributed by atoms with Crippen molar-refractivity contribution in [3.63, 3.8) is 0 Å². The first-order chi connectivity index (χ1) is 21.1. The predicted octanol–water partition coefficient (Wildman–Crippen LogP) is 6.09. The van der Waals surface area contributed by atoms with Crippen LogP contribution in [0.4, 0.5) is 30.5 Å². The quantitative estimate of drug-likeness (QED) is 0.208. The van der Waals surface area contributed by atoms with Crippen molar-refractivity contribution in [1.29, 1.82) is 0 Å². The highest BCUT2D eigenvalue weighted by Crippen LogP contribution is 2.35. The fourth-order valence-electron chi connectivity index (χ4n) is 5.24. The number of nitrogens with zero attached hydrogens (tertiary/aromatic N) is 5. The summed E-state index contributed by atoms with van der Waals surface area (Å²) in [4.78, 5) is 34.1. The third-order valence-corrected chi connectivity index (χ3v) is 7.75. The number of aryl methyl sites for hydroxylation is 1. The fraction of sp³-hybridized carbons (Fsp3) is 0.250. The molecule has 2 aromatic carbocycles. The van der Waals surface area contributed by atoms with Gasteiger partial charge in [-0.15, -0.1) is 0 Å². The summed E-state index contributed by atoms with van der Waals surface area (Å²) in [7, 11) is 2.00. The Morgan fingerprint density at radius 1 is 1.02 bits per heavy atom. The van der Waals surface area contributed by atoms with E-state index in [4.69, 9.17) is 4.98 Å². The second-order valence-corrected chi connectivity index (χ2v) is 10.9. The van der Waals surface area contributed by atoms with Crippen molar-refractivity contribution >= 4 is 34.3 Å². The molecule has 0 unspecified atom stereocenters. The van der Waals surface area contributed by atoms with Gasteiger partial charge in [0, 0.05) is 73.8 Å². The van der Waals surface area contributed by atoms with Crippen molar-refractivity contribution in [3.05, 3.63) is 95.4 Å². The van der Waals surface area contributed by atoms with Crippen LogP contribution in [0.3, 0.4) is 0 Å². The molecule has 1 saturated heterocycles. The number of pyridine rings is 1. The smallest absolute Gasteiger partial charge is 0.358 e. The molecule has 1 amide bonds. The molecule has 44 heavy (non-hydrogen) atoms. The molecule has 226 valence electrons. The van der Waals surface area contributed by atoms with Crippen molar-refractivity contribution in [1.82, 2.24) is 29.7 Å². The number of H-pyrrole nitrogens is 1. The number of carbonyl (C=O) groups excluding carboxylic acids is 1. The Hall–Kier alpha value is -4.81. The van der Waals surface area contributed by atoms with Crippen molar-refractivity contribution < 1.29 is 18.0 Å². The van der Waals surface area contributed by atoms with Crippen LogP contribution in [0.15, 0.2) is 73.2 Å². The van der Waals surface area contributed by atoms with Gasteiger partial charge in [-0.25, -0.2) is 9.97 Å². The Labute approximate surface area is 252 Å². The van der Waals surface area contributed by atoms with Gasteiger partial charge >= 0.3 is 6.18 Å². The summed E-state index contributed by atoms with van der Waals surface area (Å²) < 4.78 is 42.2. The number of anilines is 3. The SMILES string of the molecule is Cc1ccc(C(=O)Nc2ccc(CN3CCN(C)CC3)c(C(F)(F)F)c2)cc1Nc1nc(-c2cccnc2)c2[nH]ccc2n1. The number of likely N-dealkylation sites (N-methyl/N-ethyl adjacent to an activating group) is 1. The monoisotopic (exact) mass is 600 g/mol. The lowest BCUT2D eigenvalue weighted by molar-refractivity contribution is -0.138. The van der Waals surface area contributed by atoms with Crippen molar-refractivity contribution in [2.75, 3.05) is 43.9 Å². The van der Waals surface area contributed by atoms with E-state index in [9.17, 15) is 18.0 Å². The molecule has 0 spiro atoms. The van der Waals surface area contributed by atoms with Gasteiger partial charge in [0.2, 0.25) is 5.95 Å². The van der Waals surface area contributed by atoms with Crippen molar-refractivity contribution in [2.24, 2.45) is 0 Å². The minimum Gasteiger partial charge on any atom is -0.358 e. The third kappa shape index (κ3) is 6.41. The van der Waals surface area contributed by atoms with Crippen LogP contribution in [-0.2, 0) is 12.7 Å². The number of piperazine rings is 1. The number of nitrogens with one attached hydrogen (secondary N) is 3. The van der Waals surface area contributed by atoms with E-state index in [1.54, 1.807) is 36.8 Å². The lowest BCUT2D eigenvalue weighted by Crippen LogP contribution is -2.44. The number of amides is 1. The summed E-state index contributed by atoms with van der Waals surface area (Å²) in [5, 5.41) is 5.85. The Bertz CT molecular complexity index is 1800.